The summed E-state index contributed by atoms with van der Waals surface area (Å²) in [4.78, 5) is 23.7. The summed E-state index contributed by atoms with van der Waals surface area (Å²) in [6.45, 7) is 4.77. The molecule has 1 aliphatic rings. The van der Waals surface area contributed by atoms with Crippen LogP contribution in [-0.4, -0.2) is 38.9 Å². The molecule has 0 amide bonds. The van der Waals surface area contributed by atoms with Crippen molar-refractivity contribution >= 4 is 27.2 Å². The quantitative estimate of drug-likeness (QED) is 0.551. The maximum Gasteiger partial charge on any atom is 0.261 e. The lowest BCUT2D eigenvalue weighted by atomic mass is 9.89. The van der Waals surface area contributed by atoms with E-state index in [-0.39, 0.29) is 11.4 Å². The third-order valence-corrected chi connectivity index (χ3v) is 6.90. The summed E-state index contributed by atoms with van der Waals surface area (Å²) < 4.78 is 15.3. The van der Waals surface area contributed by atoms with Crippen LogP contribution in [0.2, 0.25) is 0 Å². The molecule has 4 aromatic rings. The first kappa shape index (κ1) is 18.5. The van der Waals surface area contributed by atoms with E-state index in [1.165, 1.54) is 23.0 Å². The van der Waals surface area contributed by atoms with Crippen LogP contribution in [0.25, 0.3) is 15.9 Å². The minimum absolute atomic E-state index is 0.0597. The first-order valence-corrected chi connectivity index (χ1v) is 10.9. The van der Waals surface area contributed by atoms with Gasteiger partial charge in [-0.15, -0.1) is 11.3 Å². The number of likely N-dealkylation sites (tertiary alicyclic amines) is 1. The van der Waals surface area contributed by atoms with Crippen LogP contribution in [0, 0.1) is 12.7 Å². The van der Waals surface area contributed by atoms with Crippen LogP contribution >= 0.6 is 11.3 Å². The second-order valence-corrected chi connectivity index (χ2v) is 8.71. The van der Waals surface area contributed by atoms with E-state index in [2.05, 4.69) is 14.9 Å². The number of aromatic nitrogens is 3. The number of aromatic amines is 1. The zero-order valence-corrected chi connectivity index (χ0v) is 17.1. The third kappa shape index (κ3) is 3.38. The van der Waals surface area contributed by atoms with E-state index in [1.807, 2.05) is 24.6 Å². The van der Waals surface area contributed by atoms with Gasteiger partial charge in [0.25, 0.3) is 5.56 Å². The average molecular weight is 411 g/mol. The summed E-state index contributed by atoms with van der Waals surface area (Å²) in [6, 6.07) is 4.94. The van der Waals surface area contributed by atoms with Crippen molar-refractivity contribution in [1.29, 1.82) is 0 Å². The molecule has 150 valence electrons. The number of H-pyrrole nitrogens is 1. The lowest BCUT2D eigenvalue weighted by Gasteiger charge is -2.32. The van der Waals surface area contributed by atoms with Gasteiger partial charge in [-0.1, -0.05) is 0 Å². The average Bonchev–Trinajstić information content (AvgIpc) is 3.35. The fourth-order valence-corrected chi connectivity index (χ4v) is 5.25. The fourth-order valence-electron chi connectivity index (χ4n) is 4.50. The molecule has 5 nitrogen and oxygen atoms in total. The number of nitrogens with one attached hydrogen (secondary N) is 1. The van der Waals surface area contributed by atoms with Gasteiger partial charge in [0.2, 0.25) is 0 Å². The van der Waals surface area contributed by atoms with Crippen molar-refractivity contribution in [2.24, 2.45) is 0 Å². The Morgan fingerprint density at radius 3 is 2.97 bits per heavy atom. The van der Waals surface area contributed by atoms with Gasteiger partial charge in [-0.05, 0) is 69.0 Å². The minimum Gasteiger partial charge on any atom is -0.361 e. The second-order valence-electron chi connectivity index (χ2n) is 7.84. The SMILES string of the molecule is Cc1nc2sccn2c(=O)c1CCN1CCC(c2c[nH]c3ccc(F)cc23)CC1. The molecular formula is C22H23FN4OS. The molecule has 1 saturated heterocycles. The van der Waals surface area contributed by atoms with Crippen molar-refractivity contribution in [2.75, 3.05) is 19.6 Å². The summed E-state index contributed by atoms with van der Waals surface area (Å²) in [6.07, 6.45) is 6.65. The molecule has 0 spiro atoms. The van der Waals surface area contributed by atoms with E-state index in [9.17, 15) is 9.18 Å². The van der Waals surface area contributed by atoms with E-state index in [0.717, 1.165) is 66.0 Å². The monoisotopic (exact) mass is 410 g/mol. The number of rotatable bonds is 4. The van der Waals surface area contributed by atoms with Crippen molar-refractivity contribution in [3.63, 3.8) is 0 Å². The summed E-state index contributed by atoms with van der Waals surface area (Å²) in [7, 11) is 0. The molecule has 1 fully saturated rings. The Morgan fingerprint density at radius 2 is 2.14 bits per heavy atom. The smallest absolute Gasteiger partial charge is 0.261 e. The first-order valence-electron chi connectivity index (χ1n) is 10.0. The van der Waals surface area contributed by atoms with Gasteiger partial charge in [0, 0.05) is 46.5 Å². The Kier molecular flexibility index (Phi) is 4.72. The number of thiazole rings is 1. The molecule has 5 rings (SSSR count). The second kappa shape index (κ2) is 7.39. The van der Waals surface area contributed by atoms with Gasteiger partial charge in [0.15, 0.2) is 4.96 Å². The lowest BCUT2D eigenvalue weighted by molar-refractivity contribution is 0.215. The third-order valence-electron chi connectivity index (χ3n) is 6.15. The van der Waals surface area contributed by atoms with Gasteiger partial charge in [0.1, 0.15) is 5.82 Å². The molecule has 7 heteroatoms. The van der Waals surface area contributed by atoms with Gasteiger partial charge >= 0.3 is 0 Å². The highest BCUT2D eigenvalue weighted by molar-refractivity contribution is 7.15. The highest BCUT2D eigenvalue weighted by Gasteiger charge is 2.23. The van der Waals surface area contributed by atoms with Crippen LogP contribution in [0.1, 0.15) is 35.6 Å². The summed E-state index contributed by atoms with van der Waals surface area (Å²) in [5, 5.41) is 2.90. The molecule has 1 aliphatic heterocycles. The zero-order chi connectivity index (χ0) is 20.0. The van der Waals surface area contributed by atoms with E-state index in [0.29, 0.717) is 5.92 Å². The van der Waals surface area contributed by atoms with Crippen molar-refractivity contribution in [3.8, 4) is 0 Å². The summed E-state index contributed by atoms with van der Waals surface area (Å²) in [5.41, 5.74) is 3.93. The molecule has 0 saturated carbocycles. The van der Waals surface area contributed by atoms with Crippen LogP contribution in [0.4, 0.5) is 4.39 Å². The van der Waals surface area contributed by atoms with Crippen molar-refractivity contribution in [3.05, 3.63) is 69.0 Å². The number of benzene rings is 1. The molecule has 29 heavy (non-hydrogen) atoms. The van der Waals surface area contributed by atoms with E-state index in [1.54, 1.807) is 16.7 Å². The molecule has 1 aromatic carbocycles. The summed E-state index contributed by atoms with van der Waals surface area (Å²) in [5.74, 6) is 0.256. The van der Waals surface area contributed by atoms with Crippen LogP contribution < -0.4 is 5.56 Å². The van der Waals surface area contributed by atoms with Crippen molar-refractivity contribution in [1.82, 2.24) is 19.3 Å². The maximum atomic E-state index is 13.7. The van der Waals surface area contributed by atoms with Crippen molar-refractivity contribution in [2.45, 2.75) is 32.1 Å². The van der Waals surface area contributed by atoms with Crippen LogP contribution in [0.3, 0.4) is 0 Å². The Bertz CT molecular complexity index is 1230. The van der Waals surface area contributed by atoms with Crippen LogP contribution in [-0.2, 0) is 6.42 Å². The van der Waals surface area contributed by atoms with Crippen molar-refractivity contribution < 1.29 is 4.39 Å². The largest absolute Gasteiger partial charge is 0.361 e. The molecule has 0 atom stereocenters. The Morgan fingerprint density at radius 1 is 1.31 bits per heavy atom. The van der Waals surface area contributed by atoms with Gasteiger partial charge in [-0.25, -0.2) is 9.37 Å². The Hall–Kier alpha value is -2.51. The highest BCUT2D eigenvalue weighted by atomic mass is 32.1. The molecule has 0 aliphatic carbocycles. The van der Waals surface area contributed by atoms with E-state index in [4.69, 9.17) is 0 Å². The predicted octanol–water partition coefficient (Wildman–Crippen LogP) is 4.11. The van der Waals surface area contributed by atoms with Crippen LogP contribution in [0.5, 0.6) is 0 Å². The molecular weight excluding hydrogens is 387 g/mol. The number of fused-ring (bicyclic) bond motifs is 2. The predicted molar refractivity (Wildman–Crippen MR) is 114 cm³/mol. The van der Waals surface area contributed by atoms with Gasteiger partial charge in [0.05, 0.1) is 0 Å². The normalized spacial score (nSPS) is 16.2. The Labute approximate surface area is 171 Å². The zero-order valence-electron chi connectivity index (χ0n) is 16.3. The number of nitrogens with zero attached hydrogens (tertiary/aromatic N) is 3. The van der Waals surface area contributed by atoms with Gasteiger partial charge in [-0.3, -0.25) is 9.20 Å². The van der Waals surface area contributed by atoms with E-state index >= 15 is 0 Å². The van der Waals surface area contributed by atoms with Gasteiger partial charge in [-0.2, -0.15) is 0 Å². The standard InChI is InChI=1S/C22H23FN4OS/c1-14-17(21(28)27-10-11-29-22(27)25-14)6-9-26-7-4-15(5-8-26)19-13-24-20-3-2-16(23)12-18(19)20/h2-3,10-13,15,24H,4-9H2,1H3. The number of piperidine rings is 1. The minimum atomic E-state index is -0.186. The number of hydrogen-bond donors (Lipinski definition) is 1. The topological polar surface area (TPSA) is 53.4 Å². The maximum absolute atomic E-state index is 13.7. The van der Waals surface area contributed by atoms with Crippen LogP contribution in [0.15, 0.2) is 40.8 Å². The number of hydrogen-bond acceptors (Lipinski definition) is 4. The molecule has 3 aromatic heterocycles. The highest BCUT2D eigenvalue weighted by Crippen LogP contribution is 2.33. The summed E-state index contributed by atoms with van der Waals surface area (Å²) >= 11 is 1.49. The molecule has 1 N–H and O–H groups in total. The Balaban J connectivity index is 1.26. The fraction of sp³-hybridized carbons (Fsp3) is 0.364. The van der Waals surface area contributed by atoms with E-state index < -0.39 is 0 Å². The molecule has 0 bridgehead atoms. The number of aryl methyl sites for hydroxylation is 1. The lowest BCUT2D eigenvalue weighted by Crippen LogP contribution is -2.35. The first-order chi connectivity index (χ1) is 14.1. The molecule has 0 unspecified atom stereocenters. The number of halogens is 1. The van der Waals surface area contributed by atoms with Gasteiger partial charge < -0.3 is 9.88 Å². The molecule has 4 heterocycles. The molecule has 0 radical (unpaired) electrons.